The first kappa shape index (κ1) is 22.6. The number of rotatable bonds is 8. The summed E-state index contributed by atoms with van der Waals surface area (Å²) in [7, 11) is -2.61. The van der Waals surface area contributed by atoms with Gasteiger partial charge in [0, 0.05) is 20.8 Å². The number of hydrogen-bond donors (Lipinski definition) is 0. The maximum absolute atomic E-state index is 6.64. The largest absolute Gasteiger partial charge is 0.414 e. The predicted octanol–water partition coefficient (Wildman–Crippen LogP) is 6.43. The molecule has 0 aromatic carbocycles. The molecular formula is C21H44O3Si2. The fourth-order valence-electron chi connectivity index (χ4n) is 3.93. The van der Waals surface area contributed by atoms with E-state index in [9.17, 15) is 0 Å². The summed E-state index contributed by atoms with van der Waals surface area (Å²) in [6.07, 6.45) is 8.52. The van der Waals surface area contributed by atoms with E-state index in [2.05, 4.69) is 53.5 Å². The molecule has 2 aliphatic rings. The van der Waals surface area contributed by atoms with Crippen molar-refractivity contribution >= 4 is 16.4 Å². The van der Waals surface area contributed by atoms with E-state index in [-0.39, 0.29) is 0 Å². The zero-order chi connectivity index (χ0) is 19.6. The SMILES string of the molecule is CC(C)(C)[Si](C)(C)OC1CCC2(CC1)CC(OCOCC[Si](C)(C)C)C2. The highest BCUT2D eigenvalue weighted by molar-refractivity contribution is 6.76. The van der Waals surface area contributed by atoms with Gasteiger partial charge in [-0.25, -0.2) is 0 Å². The molecule has 2 aliphatic carbocycles. The van der Waals surface area contributed by atoms with E-state index in [1.54, 1.807) is 0 Å². The molecule has 0 bridgehead atoms. The Balaban J connectivity index is 1.61. The molecule has 0 aromatic rings. The van der Waals surface area contributed by atoms with Crippen LogP contribution >= 0.6 is 0 Å². The van der Waals surface area contributed by atoms with Gasteiger partial charge in [-0.1, -0.05) is 40.4 Å². The summed E-state index contributed by atoms with van der Waals surface area (Å²) in [5.74, 6) is 0. The molecule has 0 atom stereocenters. The van der Waals surface area contributed by atoms with E-state index in [0.717, 1.165) is 6.61 Å². The van der Waals surface area contributed by atoms with Crippen molar-refractivity contribution in [2.45, 2.75) is 115 Å². The summed E-state index contributed by atoms with van der Waals surface area (Å²) in [5.41, 5.74) is 0.552. The van der Waals surface area contributed by atoms with Gasteiger partial charge in [-0.2, -0.15) is 0 Å². The Labute approximate surface area is 164 Å². The van der Waals surface area contributed by atoms with E-state index in [1.807, 2.05) is 0 Å². The van der Waals surface area contributed by atoms with Crippen LogP contribution in [0.2, 0.25) is 43.8 Å². The molecule has 0 radical (unpaired) electrons. The lowest BCUT2D eigenvalue weighted by atomic mass is 9.59. The van der Waals surface area contributed by atoms with Gasteiger partial charge < -0.3 is 13.9 Å². The third-order valence-corrected chi connectivity index (χ3v) is 13.2. The lowest BCUT2D eigenvalue weighted by molar-refractivity contribution is -0.160. The molecule has 2 rings (SSSR count). The van der Waals surface area contributed by atoms with Crippen LogP contribution in [0.4, 0.5) is 0 Å². The zero-order valence-corrected chi connectivity index (χ0v) is 20.7. The minimum Gasteiger partial charge on any atom is -0.414 e. The van der Waals surface area contributed by atoms with E-state index in [0.29, 0.717) is 29.5 Å². The second-order valence-corrected chi connectivity index (χ2v) is 22.0. The third-order valence-electron chi connectivity index (χ3n) is 6.97. The van der Waals surface area contributed by atoms with E-state index in [4.69, 9.17) is 13.9 Å². The summed E-state index contributed by atoms with van der Waals surface area (Å²) in [6, 6.07) is 1.22. The number of ether oxygens (including phenoxy) is 2. The summed E-state index contributed by atoms with van der Waals surface area (Å²) in [6.45, 7) is 20.3. The van der Waals surface area contributed by atoms with E-state index in [1.165, 1.54) is 44.6 Å². The van der Waals surface area contributed by atoms with Gasteiger partial charge in [0.05, 0.1) is 6.10 Å². The second-order valence-electron chi connectivity index (χ2n) is 11.6. The Kier molecular flexibility index (Phi) is 7.27. The van der Waals surface area contributed by atoms with Crippen molar-refractivity contribution in [2.75, 3.05) is 13.4 Å². The van der Waals surface area contributed by atoms with Gasteiger partial charge >= 0.3 is 0 Å². The van der Waals surface area contributed by atoms with Gasteiger partial charge in [0.25, 0.3) is 0 Å². The minimum absolute atomic E-state index is 0.313. The maximum Gasteiger partial charge on any atom is 0.192 e. The monoisotopic (exact) mass is 400 g/mol. The molecule has 154 valence electrons. The number of hydrogen-bond acceptors (Lipinski definition) is 3. The van der Waals surface area contributed by atoms with Crippen LogP contribution < -0.4 is 0 Å². The molecule has 0 unspecified atom stereocenters. The molecule has 0 aromatic heterocycles. The first-order valence-corrected chi connectivity index (χ1v) is 17.3. The van der Waals surface area contributed by atoms with Crippen molar-refractivity contribution in [1.82, 2.24) is 0 Å². The Morgan fingerprint density at radius 1 is 0.923 bits per heavy atom. The summed E-state index contributed by atoms with van der Waals surface area (Å²) < 4.78 is 18.3. The molecule has 0 heterocycles. The van der Waals surface area contributed by atoms with Crippen molar-refractivity contribution in [1.29, 1.82) is 0 Å². The van der Waals surface area contributed by atoms with Gasteiger partial charge in [0.15, 0.2) is 8.32 Å². The molecule has 2 saturated carbocycles. The average molecular weight is 401 g/mol. The quantitative estimate of drug-likeness (QED) is 0.267. The second kappa shape index (κ2) is 8.36. The van der Waals surface area contributed by atoms with Crippen LogP contribution in [0.5, 0.6) is 0 Å². The highest BCUT2D eigenvalue weighted by atomic mass is 28.4. The van der Waals surface area contributed by atoms with E-state index >= 15 is 0 Å². The summed E-state index contributed by atoms with van der Waals surface area (Å²) in [5, 5.41) is 0.313. The minimum atomic E-state index is -1.62. The fourth-order valence-corrected chi connectivity index (χ4v) is 6.11. The molecule has 3 nitrogen and oxygen atoms in total. The first-order valence-electron chi connectivity index (χ1n) is 10.7. The predicted molar refractivity (Wildman–Crippen MR) is 116 cm³/mol. The van der Waals surface area contributed by atoms with Crippen molar-refractivity contribution in [3.05, 3.63) is 0 Å². The Bertz CT molecular complexity index is 435. The lowest BCUT2D eigenvalue weighted by Crippen LogP contribution is -2.49. The van der Waals surface area contributed by atoms with Gasteiger partial charge in [-0.3, -0.25) is 0 Å². The summed E-state index contributed by atoms with van der Waals surface area (Å²) >= 11 is 0. The zero-order valence-electron chi connectivity index (χ0n) is 18.7. The molecular weight excluding hydrogens is 356 g/mol. The standard InChI is InChI=1S/C21H44O3Si2/c1-20(2,3)26(7,8)24-18-9-11-21(12-10-18)15-19(16-21)23-17-22-13-14-25(4,5)6/h18-19H,9-17H2,1-8H3. The molecule has 26 heavy (non-hydrogen) atoms. The highest BCUT2D eigenvalue weighted by Gasteiger charge is 2.48. The van der Waals surface area contributed by atoms with Gasteiger partial charge in [-0.15, -0.1) is 0 Å². The Morgan fingerprint density at radius 3 is 2.00 bits per heavy atom. The molecule has 2 fully saturated rings. The smallest absolute Gasteiger partial charge is 0.192 e. The highest BCUT2D eigenvalue weighted by Crippen LogP contribution is 2.53. The average Bonchev–Trinajstić information content (AvgIpc) is 2.44. The van der Waals surface area contributed by atoms with Gasteiger partial charge in [-0.05, 0) is 68.1 Å². The molecule has 0 N–H and O–H groups in total. The Morgan fingerprint density at radius 2 is 1.50 bits per heavy atom. The van der Waals surface area contributed by atoms with Crippen molar-refractivity contribution in [2.24, 2.45) is 5.41 Å². The van der Waals surface area contributed by atoms with Crippen LogP contribution in [0.15, 0.2) is 0 Å². The molecule has 0 saturated heterocycles. The molecule has 0 aliphatic heterocycles. The topological polar surface area (TPSA) is 27.7 Å². The van der Waals surface area contributed by atoms with Crippen LogP contribution in [-0.4, -0.2) is 42.0 Å². The van der Waals surface area contributed by atoms with Crippen molar-refractivity contribution < 1.29 is 13.9 Å². The molecule has 5 heteroatoms. The normalized spacial score (nSPS) is 30.5. The van der Waals surface area contributed by atoms with Crippen LogP contribution in [0, 0.1) is 5.41 Å². The van der Waals surface area contributed by atoms with Gasteiger partial charge in [0.1, 0.15) is 6.79 Å². The Hall–Kier alpha value is 0.314. The van der Waals surface area contributed by atoms with Crippen LogP contribution in [0.3, 0.4) is 0 Å². The van der Waals surface area contributed by atoms with Crippen molar-refractivity contribution in [3.63, 3.8) is 0 Å². The van der Waals surface area contributed by atoms with Crippen LogP contribution in [-0.2, 0) is 13.9 Å². The van der Waals surface area contributed by atoms with Crippen molar-refractivity contribution in [3.8, 4) is 0 Å². The molecule has 1 spiro atoms. The van der Waals surface area contributed by atoms with E-state index < -0.39 is 16.4 Å². The first-order chi connectivity index (χ1) is 11.8. The molecule has 0 amide bonds. The fraction of sp³-hybridized carbons (Fsp3) is 1.00. The van der Waals surface area contributed by atoms with Crippen LogP contribution in [0.25, 0.3) is 0 Å². The third kappa shape index (κ3) is 6.44. The summed E-state index contributed by atoms with van der Waals surface area (Å²) in [4.78, 5) is 0. The van der Waals surface area contributed by atoms with Crippen LogP contribution in [0.1, 0.15) is 59.3 Å². The maximum atomic E-state index is 6.64. The lowest BCUT2D eigenvalue weighted by Gasteiger charge is -2.52. The van der Waals surface area contributed by atoms with Gasteiger partial charge in [0.2, 0.25) is 0 Å².